The molecule has 2 aromatic carbocycles. The van der Waals surface area contributed by atoms with Gasteiger partial charge in [-0.25, -0.2) is 10.1 Å². The molecule has 0 atom stereocenters. The molecule has 0 aliphatic rings. The Balaban J connectivity index is 1.88. The summed E-state index contributed by atoms with van der Waals surface area (Å²) in [6.45, 7) is 3.28. The Kier molecular flexibility index (Phi) is 8.58. The van der Waals surface area contributed by atoms with Gasteiger partial charge in [0.1, 0.15) is 17.7 Å². The molecule has 0 spiro atoms. The molecule has 1 aromatic heterocycles. The highest BCUT2D eigenvalue weighted by Gasteiger charge is 2.24. The molecule has 0 bridgehead atoms. The topological polar surface area (TPSA) is 95.5 Å². The number of ether oxygens (including phenoxy) is 1. The highest BCUT2D eigenvalue weighted by Crippen LogP contribution is 2.36. The molecular formula is C23H31N4O3S2+. The minimum Gasteiger partial charge on any atom is -0.491 e. The number of fused-ring (bicyclic) bond motifs is 1. The molecule has 3 rings (SSSR count). The molecule has 32 heavy (non-hydrogen) atoms. The quantitative estimate of drug-likeness (QED) is 0.180. The molecule has 0 saturated carbocycles. The maximum Gasteiger partial charge on any atom is 0.350 e. The third kappa shape index (κ3) is 6.74. The minimum atomic E-state index is -3.44. The average molecular weight is 476 g/mol. The highest BCUT2D eigenvalue weighted by molar-refractivity contribution is 7.92. The van der Waals surface area contributed by atoms with Gasteiger partial charge < -0.3 is 4.74 Å². The van der Waals surface area contributed by atoms with Crippen LogP contribution in [0.5, 0.6) is 5.75 Å². The van der Waals surface area contributed by atoms with Crippen LogP contribution in [0.25, 0.3) is 10.2 Å². The molecule has 0 aliphatic carbocycles. The molecule has 1 heterocycles. The van der Waals surface area contributed by atoms with Crippen LogP contribution in [0.2, 0.25) is 0 Å². The lowest BCUT2D eigenvalue weighted by molar-refractivity contribution is -0.644. The van der Waals surface area contributed by atoms with E-state index in [1.165, 1.54) is 37.0 Å². The predicted molar refractivity (Wildman–Crippen MR) is 130 cm³/mol. The number of aromatic nitrogens is 1. The Hall–Kier alpha value is -2.52. The number of nitrogens with zero attached hydrogens (tertiary/aromatic N) is 2. The minimum absolute atomic E-state index is 0.447. The molecule has 0 amide bonds. The van der Waals surface area contributed by atoms with Crippen molar-refractivity contribution in [2.24, 2.45) is 5.11 Å². The second-order valence-electron chi connectivity index (χ2n) is 7.87. The summed E-state index contributed by atoms with van der Waals surface area (Å²) in [7, 11) is -3.44. The van der Waals surface area contributed by atoms with Gasteiger partial charge in [0.15, 0.2) is 5.75 Å². The second-order valence-corrected chi connectivity index (χ2v) is 10.6. The van der Waals surface area contributed by atoms with Gasteiger partial charge in [-0.15, -0.1) is 0 Å². The first-order valence-electron chi connectivity index (χ1n) is 10.9. The van der Waals surface area contributed by atoms with E-state index < -0.39 is 10.0 Å². The van der Waals surface area contributed by atoms with E-state index in [4.69, 9.17) is 10.3 Å². The van der Waals surface area contributed by atoms with Gasteiger partial charge in [0, 0.05) is 6.07 Å². The van der Waals surface area contributed by atoms with Gasteiger partial charge in [-0.2, -0.15) is 18.3 Å². The first-order chi connectivity index (χ1) is 15.4. The van der Waals surface area contributed by atoms with E-state index in [0.29, 0.717) is 29.7 Å². The lowest BCUT2D eigenvalue weighted by Crippen LogP contribution is -2.37. The number of nitrogens with one attached hydrogen (secondary N) is 2. The van der Waals surface area contributed by atoms with Crippen LogP contribution >= 0.6 is 11.3 Å². The van der Waals surface area contributed by atoms with Gasteiger partial charge >= 0.3 is 5.13 Å². The maximum absolute atomic E-state index is 11.9. The van der Waals surface area contributed by atoms with E-state index in [-0.39, 0.29) is 0 Å². The number of hydrogen-bond acceptors (Lipinski definition) is 6. The summed E-state index contributed by atoms with van der Waals surface area (Å²) in [5, 5.41) is 4.15. The maximum atomic E-state index is 11.9. The molecule has 0 saturated heterocycles. The zero-order valence-corrected chi connectivity index (χ0v) is 20.3. The summed E-state index contributed by atoms with van der Waals surface area (Å²) in [4.78, 5) is 0. The van der Waals surface area contributed by atoms with E-state index >= 15 is 0 Å². The van der Waals surface area contributed by atoms with E-state index in [0.717, 1.165) is 34.9 Å². The Morgan fingerprint density at radius 1 is 1.09 bits per heavy atom. The number of anilines is 1. The fraction of sp³-hybridized carbons (Fsp3) is 0.435. The van der Waals surface area contributed by atoms with Crippen LogP contribution in [0, 0.1) is 5.53 Å². The third-order valence-electron chi connectivity index (χ3n) is 5.12. The van der Waals surface area contributed by atoms with Gasteiger partial charge in [0.2, 0.25) is 0 Å². The highest BCUT2D eigenvalue weighted by atomic mass is 32.2. The van der Waals surface area contributed by atoms with Crippen molar-refractivity contribution in [3.8, 4) is 5.75 Å². The Bertz CT molecular complexity index is 1150. The van der Waals surface area contributed by atoms with Crippen molar-refractivity contribution in [2.75, 3.05) is 17.6 Å². The molecule has 0 unspecified atom stereocenters. The van der Waals surface area contributed by atoms with Crippen LogP contribution in [0.1, 0.15) is 51.0 Å². The zero-order valence-electron chi connectivity index (χ0n) is 18.6. The summed E-state index contributed by atoms with van der Waals surface area (Å²) >= 11 is 1.32. The van der Waals surface area contributed by atoms with E-state index in [1.54, 1.807) is 6.07 Å². The second kappa shape index (κ2) is 11.4. The summed E-state index contributed by atoms with van der Waals surface area (Å²) in [5.41, 5.74) is 9.91. The molecule has 9 heteroatoms. The normalized spacial score (nSPS) is 11.6. The summed E-state index contributed by atoms with van der Waals surface area (Å²) in [6.07, 6.45) is 8.16. The molecular weight excluding hydrogens is 444 g/mol. The molecule has 172 valence electrons. The van der Waals surface area contributed by atoms with Crippen LogP contribution in [0.3, 0.4) is 0 Å². The van der Waals surface area contributed by atoms with Gasteiger partial charge in [0.05, 0.1) is 17.6 Å². The van der Waals surface area contributed by atoms with Crippen molar-refractivity contribution in [3.05, 3.63) is 48.0 Å². The predicted octanol–water partition coefficient (Wildman–Crippen LogP) is 6.01. The lowest BCUT2D eigenvalue weighted by atomic mass is 10.1. The van der Waals surface area contributed by atoms with Crippen LogP contribution in [0.15, 0.2) is 47.6 Å². The Morgan fingerprint density at radius 2 is 1.81 bits per heavy atom. The van der Waals surface area contributed by atoms with Crippen molar-refractivity contribution in [3.63, 3.8) is 0 Å². The average Bonchev–Trinajstić information content (AvgIpc) is 3.07. The van der Waals surface area contributed by atoms with E-state index in [1.807, 2.05) is 41.0 Å². The van der Waals surface area contributed by atoms with Crippen LogP contribution in [-0.4, -0.2) is 21.3 Å². The van der Waals surface area contributed by atoms with E-state index in [9.17, 15) is 8.42 Å². The van der Waals surface area contributed by atoms with Crippen molar-refractivity contribution in [2.45, 2.75) is 52.0 Å². The molecule has 2 N–H and O–H groups in total. The standard InChI is InChI=1S/C23H30N4O3S2/c1-3-4-5-6-7-11-14-30-21-16-20-22(15-19(21)25-24)31-23(26-32(2,28)29)27(20)17-18-12-9-8-10-13-18/h8-10,12-13,15-16,24H,3-7,11,14,17H2,1-2H3/p+1. The molecule has 0 aliphatic heterocycles. The van der Waals surface area contributed by atoms with Crippen LogP contribution in [-0.2, 0) is 16.6 Å². The summed E-state index contributed by atoms with van der Waals surface area (Å²) in [5.74, 6) is 0.548. The third-order valence-corrected chi connectivity index (χ3v) is 6.87. The zero-order chi connectivity index (χ0) is 23.0. The van der Waals surface area contributed by atoms with Crippen LogP contribution < -0.4 is 14.0 Å². The smallest absolute Gasteiger partial charge is 0.350 e. The Morgan fingerprint density at radius 3 is 2.50 bits per heavy atom. The van der Waals surface area contributed by atoms with Crippen molar-refractivity contribution >= 4 is 42.4 Å². The molecule has 7 nitrogen and oxygen atoms in total. The first kappa shape index (κ1) is 24.1. The number of benzene rings is 2. The summed E-state index contributed by atoms with van der Waals surface area (Å²) < 4.78 is 35.3. The van der Waals surface area contributed by atoms with Crippen LogP contribution in [0.4, 0.5) is 10.8 Å². The lowest BCUT2D eigenvalue weighted by Gasteiger charge is -2.09. The largest absolute Gasteiger partial charge is 0.491 e. The number of sulfonamides is 1. The van der Waals surface area contributed by atoms with Gasteiger partial charge in [-0.1, -0.05) is 69.4 Å². The molecule has 3 aromatic rings. The molecule has 0 fully saturated rings. The fourth-order valence-electron chi connectivity index (χ4n) is 3.52. The number of thiazole rings is 1. The monoisotopic (exact) mass is 475 g/mol. The van der Waals surface area contributed by atoms with Gasteiger partial charge in [-0.3, -0.25) is 0 Å². The Labute approximate surface area is 194 Å². The van der Waals surface area contributed by atoms with Crippen molar-refractivity contribution in [1.82, 2.24) is 0 Å². The fourth-order valence-corrected chi connectivity index (χ4v) is 5.50. The first-order valence-corrected chi connectivity index (χ1v) is 13.6. The van der Waals surface area contributed by atoms with Crippen molar-refractivity contribution < 1.29 is 17.7 Å². The van der Waals surface area contributed by atoms with Gasteiger partial charge in [-0.05, 0) is 29.4 Å². The van der Waals surface area contributed by atoms with Gasteiger partial charge in [0.25, 0.3) is 10.0 Å². The summed E-state index contributed by atoms with van der Waals surface area (Å²) in [6, 6.07) is 13.5. The van der Waals surface area contributed by atoms with E-state index in [2.05, 4.69) is 16.8 Å². The molecule has 0 radical (unpaired) electrons. The number of rotatable bonds is 13. The van der Waals surface area contributed by atoms with Crippen molar-refractivity contribution in [1.29, 1.82) is 5.53 Å². The SMILES string of the molecule is CCCCCCCCOc1cc2c(cc1N=N)sc(NS(C)(=O)=O)[n+]2Cc1ccccc1. The number of unbranched alkanes of at least 4 members (excludes halogenated alkanes) is 5. The number of hydrogen-bond donors (Lipinski definition) is 2.